The average Bonchev–Trinajstić information content (AvgIpc) is 3.15. The molecular formula is C31H51NO5. The molecule has 0 aromatic rings. The molecule has 37 heavy (non-hydrogen) atoms. The van der Waals surface area contributed by atoms with Gasteiger partial charge in [-0.1, -0.05) is 45.3 Å². The third kappa shape index (κ3) is 5.80. The summed E-state index contributed by atoms with van der Waals surface area (Å²) in [6.45, 7) is 11.4. The number of aliphatic carboxylic acids is 1. The average molecular weight is 518 g/mol. The quantitative estimate of drug-likeness (QED) is 0.261. The molecular weight excluding hydrogens is 466 g/mol. The van der Waals surface area contributed by atoms with Crippen LogP contribution in [0.1, 0.15) is 112 Å². The smallest absolute Gasteiger partial charge is 0.321 e. The molecule has 210 valence electrons. The number of hydrogen-bond donors (Lipinski definition) is 3. The second kappa shape index (κ2) is 10.6. The Bertz CT molecular complexity index is 893. The number of nitrogens with two attached hydrogens (primary N) is 1. The summed E-state index contributed by atoms with van der Waals surface area (Å²) in [4.78, 5) is 23.2. The molecule has 4 rings (SSSR count). The molecule has 0 saturated heterocycles. The van der Waals surface area contributed by atoms with Gasteiger partial charge in [-0.2, -0.15) is 0 Å². The zero-order chi connectivity index (χ0) is 27.2. The highest BCUT2D eigenvalue weighted by Crippen LogP contribution is 2.67. The summed E-state index contributed by atoms with van der Waals surface area (Å²) < 4.78 is 5.68. The molecule has 3 saturated carbocycles. The summed E-state index contributed by atoms with van der Waals surface area (Å²) in [6.07, 6.45) is 14.3. The van der Waals surface area contributed by atoms with Gasteiger partial charge in [0.25, 0.3) is 0 Å². The van der Waals surface area contributed by atoms with E-state index in [9.17, 15) is 14.7 Å². The SMILES string of the molecule is C[C@H](CCCC(C)(C)O)[C@H]1CC[C@H]2[C@@H]3CC=C4C[C@@H](OC(=O)C[C@H](N)C(=O)O)CC[C@]4(C)[C@H]3CC[C@]12C. The molecule has 6 nitrogen and oxygen atoms in total. The van der Waals surface area contributed by atoms with Gasteiger partial charge in [-0.15, -0.1) is 0 Å². The third-order valence-electron chi connectivity index (χ3n) is 11.3. The van der Waals surface area contributed by atoms with Gasteiger partial charge in [0.15, 0.2) is 0 Å². The topological polar surface area (TPSA) is 110 Å². The summed E-state index contributed by atoms with van der Waals surface area (Å²) in [5.74, 6) is 2.05. The first-order valence-electron chi connectivity index (χ1n) is 14.8. The second-order valence-corrected chi connectivity index (χ2v) is 14.2. The van der Waals surface area contributed by atoms with Gasteiger partial charge in [-0.05, 0) is 106 Å². The maximum absolute atomic E-state index is 12.3. The molecule has 6 heteroatoms. The van der Waals surface area contributed by atoms with Crippen LogP contribution in [0, 0.1) is 40.4 Å². The van der Waals surface area contributed by atoms with Crippen molar-refractivity contribution in [1.82, 2.24) is 0 Å². The van der Waals surface area contributed by atoms with Crippen LogP contribution in [-0.4, -0.2) is 39.9 Å². The molecule has 0 bridgehead atoms. The summed E-state index contributed by atoms with van der Waals surface area (Å²) in [7, 11) is 0. The predicted octanol–water partition coefficient (Wildman–Crippen LogP) is 5.86. The number of ether oxygens (including phenoxy) is 1. The van der Waals surface area contributed by atoms with Crippen molar-refractivity contribution in [1.29, 1.82) is 0 Å². The molecule has 0 aromatic carbocycles. The number of carbonyl (C=O) groups is 2. The lowest BCUT2D eigenvalue weighted by atomic mass is 9.47. The number of allylic oxidation sites excluding steroid dienone is 1. The lowest BCUT2D eigenvalue weighted by Gasteiger charge is -2.58. The number of aliphatic hydroxyl groups is 1. The lowest BCUT2D eigenvalue weighted by Crippen LogP contribution is -2.51. The van der Waals surface area contributed by atoms with Gasteiger partial charge in [-0.25, -0.2) is 0 Å². The maximum Gasteiger partial charge on any atom is 0.321 e. The van der Waals surface area contributed by atoms with Gasteiger partial charge in [0, 0.05) is 6.42 Å². The molecule has 0 radical (unpaired) electrons. The fraction of sp³-hybridized carbons (Fsp3) is 0.871. The lowest BCUT2D eigenvalue weighted by molar-refractivity contribution is -0.154. The molecule has 4 N–H and O–H groups in total. The van der Waals surface area contributed by atoms with E-state index in [2.05, 4.69) is 26.8 Å². The van der Waals surface area contributed by atoms with Crippen LogP contribution in [0.3, 0.4) is 0 Å². The van der Waals surface area contributed by atoms with E-state index >= 15 is 0 Å². The van der Waals surface area contributed by atoms with Gasteiger partial charge in [-0.3, -0.25) is 9.59 Å². The number of carboxylic acids is 1. The van der Waals surface area contributed by atoms with Crippen molar-refractivity contribution in [2.45, 2.75) is 129 Å². The van der Waals surface area contributed by atoms with E-state index in [0.717, 1.165) is 56.3 Å². The number of fused-ring (bicyclic) bond motifs is 5. The van der Waals surface area contributed by atoms with Crippen LogP contribution < -0.4 is 5.73 Å². The Labute approximate surface area is 223 Å². The normalized spacial score (nSPS) is 39.0. The summed E-state index contributed by atoms with van der Waals surface area (Å²) in [5, 5.41) is 19.1. The fourth-order valence-corrected chi connectivity index (χ4v) is 9.26. The van der Waals surface area contributed by atoms with Crippen molar-refractivity contribution in [3.8, 4) is 0 Å². The number of carboxylic acid groups (broad SMARTS) is 1. The third-order valence-corrected chi connectivity index (χ3v) is 11.3. The first kappa shape index (κ1) is 28.6. The molecule has 0 aliphatic heterocycles. The highest BCUT2D eigenvalue weighted by atomic mass is 16.5. The van der Waals surface area contributed by atoms with Crippen molar-refractivity contribution in [2.24, 2.45) is 46.2 Å². The Hall–Kier alpha value is -1.40. The molecule has 9 atom stereocenters. The van der Waals surface area contributed by atoms with Gasteiger partial charge < -0.3 is 20.7 Å². The molecule has 4 aliphatic rings. The first-order chi connectivity index (χ1) is 17.2. The first-order valence-corrected chi connectivity index (χ1v) is 14.8. The molecule has 4 aliphatic carbocycles. The molecule has 0 unspecified atom stereocenters. The Kier molecular flexibility index (Phi) is 8.22. The van der Waals surface area contributed by atoms with Crippen LogP contribution in [-0.2, 0) is 14.3 Å². The van der Waals surface area contributed by atoms with Gasteiger partial charge >= 0.3 is 11.9 Å². The highest BCUT2D eigenvalue weighted by molar-refractivity contribution is 5.81. The number of hydrogen-bond acceptors (Lipinski definition) is 5. The van der Waals surface area contributed by atoms with E-state index in [4.69, 9.17) is 15.6 Å². The molecule has 3 fully saturated rings. The maximum atomic E-state index is 12.3. The van der Waals surface area contributed by atoms with Gasteiger partial charge in [0.05, 0.1) is 12.0 Å². The molecule has 0 heterocycles. The van der Waals surface area contributed by atoms with E-state index < -0.39 is 23.6 Å². The Morgan fingerprint density at radius 1 is 1.16 bits per heavy atom. The van der Waals surface area contributed by atoms with E-state index in [1.54, 1.807) is 0 Å². The zero-order valence-corrected chi connectivity index (χ0v) is 23.8. The monoisotopic (exact) mass is 517 g/mol. The van der Waals surface area contributed by atoms with Gasteiger partial charge in [0.1, 0.15) is 12.1 Å². The fourth-order valence-electron chi connectivity index (χ4n) is 9.26. The summed E-state index contributed by atoms with van der Waals surface area (Å²) in [6, 6.07) is -1.20. The largest absolute Gasteiger partial charge is 0.480 e. The van der Waals surface area contributed by atoms with Crippen molar-refractivity contribution in [3.05, 3.63) is 11.6 Å². The van der Waals surface area contributed by atoms with Crippen molar-refractivity contribution in [2.75, 3.05) is 0 Å². The minimum atomic E-state index is -1.20. The van der Waals surface area contributed by atoms with E-state index in [1.165, 1.54) is 37.7 Å². The zero-order valence-electron chi connectivity index (χ0n) is 23.8. The molecule has 0 amide bonds. The van der Waals surface area contributed by atoms with Crippen molar-refractivity contribution in [3.63, 3.8) is 0 Å². The van der Waals surface area contributed by atoms with Crippen LogP contribution in [0.15, 0.2) is 11.6 Å². The summed E-state index contributed by atoms with van der Waals surface area (Å²) in [5.41, 5.74) is 7.02. The highest BCUT2D eigenvalue weighted by Gasteiger charge is 2.59. The Balaban J connectivity index is 1.40. The molecule has 0 spiro atoms. The van der Waals surface area contributed by atoms with Crippen LogP contribution in [0.4, 0.5) is 0 Å². The standard InChI is InChI=1S/C31H51NO5/c1-19(7-6-14-29(2,3)36)23-10-11-24-22-9-8-20-17-21(37-27(33)18-26(32)28(34)35)12-15-30(20,4)25(22)13-16-31(23,24)5/h8,19,21-26,36H,6-7,9-18,32H2,1-5H3,(H,34,35)/t19-,21+,22+,23-,24+,25+,26+,30+,31-/m1/s1. The van der Waals surface area contributed by atoms with Gasteiger partial charge in [0.2, 0.25) is 0 Å². The number of carbonyl (C=O) groups excluding carboxylic acids is 1. The second-order valence-electron chi connectivity index (χ2n) is 14.2. The Morgan fingerprint density at radius 2 is 1.89 bits per heavy atom. The Morgan fingerprint density at radius 3 is 2.57 bits per heavy atom. The molecule has 0 aromatic heterocycles. The van der Waals surface area contributed by atoms with Crippen molar-refractivity contribution >= 4 is 11.9 Å². The van der Waals surface area contributed by atoms with Crippen molar-refractivity contribution < 1.29 is 24.5 Å². The van der Waals surface area contributed by atoms with Crippen LogP contribution in [0.25, 0.3) is 0 Å². The van der Waals surface area contributed by atoms with E-state index in [-0.39, 0.29) is 17.9 Å². The predicted molar refractivity (Wildman–Crippen MR) is 145 cm³/mol. The van der Waals surface area contributed by atoms with Crippen LogP contribution in [0.2, 0.25) is 0 Å². The van der Waals surface area contributed by atoms with Crippen LogP contribution in [0.5, 0.6) is 0 Å². The minimum Gasteiger partial charge on any atom is -0.480 e. The number of rotatable bonds is 9. The van der Waals surface area contributed by atoms with E-state index in [0.29, 0.717) is 17.3 Å². The van der Waals surface area contributed by atoms with E-state index in [1.807, 2.05) is 13.8 Å². The minimum absolute atomic E-state index is 0.168. The number of esters is 1. The van der Waals surface area contributed by atoms with Crippen LogP contribution >= 0.6 is 0 Å². The summed E-state index contributed by atoms with van der Waals surface area (Å²) >= 11 is 0.